The predicted molar refractivity (Wildman–Crippen MR) is 77.0 cm³/mol. The normalized spacial score (nSPS) is 11.6. The first-order valence-corrected chi connectivity index (χ1v) is 7.94. The largest absolute Gasteiger partial charge is 0.379 e. The van der Waals surface area contributed by atoms with E-state index in [-0.39, 0.29) is 0 Å². The first-order valence-electron chi connectivity index (χ1n) is 6.08. The summed E-state index contributed by atoms with van der Waals surface area (Å²) in [7, 11) is 1.39. The SMILES string of the molecule is CCN(CCCNSS)CCCOC(C)C. The van der Waals surface area contributed by atoms with Crippen molar-refractivity contribution in [1.82, 2.24) is 9.62 Å². The lowest BCUT2D eigenvalue weighted by Gasteiger charge is -2.20. The average molecular weight is 266 g/mol. The molecule has 0 heterocycles. The zero-order valence-corrected chi connectivity index (χ0v) is 12.4. The molecular weight excluding hydrogens is 240 g/mol. The van der Waals surface area contributed by atoms with Gasteiger partial charge in [-0.15, -0.1) is 0 Å². The van der Waals surface area contributed by atoms with E-state index in [4.69, 9.17) is 4.74 Å². The molecule has 98 valence electrons. The Kier molecular flexibility index (Phi) is 12.5. The monoisotopic (exact) mass is 266 g/mol. The summed E-state index contributed by atoms with van der Waals surface area (Å²) in [6.07, 6.45) is 2.65. The Bertz CT molecular complexity index is 148. The van der Waals surface area contributed by atoms with E-state index in [0.717, 1.165) is 39.2 Å². The summed E-state index contributed by atoms with van der Waals surface area (Å²) < 4.78 is 8.67. The van der Waals surface area contributed by atoms with Crippen LogP contribution in [0, 0.1) is 0 Å². The van der Waals surface area contributed by atoms with Crippen LogP contribution in [0.4, 0.5) is 0 Å². The Morgan fingerprint density at radius 1 is 1.31 bits per heavy atom. The van der Waals surface area contributed by atoms with Crippen LogP contribution in [-0.4, -0.2) is 43.8 Å². The van der Waals surface area contributed by atoms with Gasteiger partial charge in [0.2, 0.25) is 0 Å². The molecule has 0 aliphatic heterocycles. The van der Waals surface area contributed by atoms with Gasteiger partial charge in [-0.05, 0) is 50.8 Å². The van der Waals surface area contributed by atoms with Crippen molar-refractivity contribution in [1.29, 1.82) is 0 Å². The van der Waals surface area contributed by atoms with Gasteiger partial charge in [-0.3, -0.25) is 4.72 Å². The fourth-order valence-electron chi connectivity index (χ4n) is 1.46. The molecule has 1 N–H and O–H groups in total. The highest BCUT2D eigenvalue weighted by Crippen LogP contribution is 1.99. The number of thiol groups is 1. The van der Waals surface area contributed by atoms with Crippen LogP contribution in [0.5, 0.6) is 0 Å². The molecule has 0 fully saturated rings. The van der Waals surface area contributed by atoms with E-state index in [2.05, 4.69) is 42.1 Å². The van der Waals surface area contributed by atoms with Crippen molar-refractivity contribution in [2.75, 3.05) is 32.8 Å². The first kappa shape index (κ1) is 16.6. The van der Waals surface area contributed by atoms with Crippen LogP contribution in [0.1, 0.15) is 33.6 Å². The number of hydrogen-bond donors (Lipinski definition) is 2. The third kappa shape index (κ3) is 11.1. The van der Waals surface area contributed by atoms with Crippen LogP contribution in [0.2, 0.25) is 0 Å². The van der Waals surface area contributed by atoms with Crippen molar-refractivity contribution in [2.24, 2.45) is 0 Å². The fraction of sp³-hybridized carbons (Fsp3) is 1.00. The fourth-order valence-corrected chi connectivity index (χ4v) is 1.97. The highest BCUT2D eigenvalue weighted by molar-refractivity contribution is 8.67. The highest BCUT2D eigenvalue weighted by atomic mass is 33.1. The summed E-state index contributed by atoms with van der Waals surface area (Å²) >= 11 is 4.03. The molecular formula is C11H26N2OS2. The quantitative estimate of drug-likeness (QED) is 0.260. The van der Waals surface area contributed by atoms with Crippen molar-refractivity contribution >= 4 is 22.6 Å². The first-order chi connectivity index (χ1) is 7.70. The van der Waals surface area contributed by atoms with Crippen LogP contribution < -0.4 is 4.72 Å². The molecule has 16 heavy (non-hydrogen) atoms. The molecule has 0 atom stereocenters. The van der Waals surface area contributed by atoms with Gasteiger partial charge in [0.05, 0.1) is 6.10 Å². The molecule has 0 spiro atoms. The smallest absolute Gasteiger partial charge is 0.0518 e. The molecule has 0 saturated carbocycles. The third-order valence-corrected chi connectivity index (χ3v) is 3.06. The zero-order valence-electron chi connectivity index (χ0n) is 10.7. The van der Waals surface area contributed by atoms with Crippen LogP contribution in [0.3, 0.4) is 0 Å². The summed E-state index contributed by atoms with van der Waals surface area (Å²) in [5.41, 5.74) is 0. The summed E-state index contributed by atoms with van der Waals surface area (Å²) in [6, 6.07) is 0. The van der Waals surface area contributed by atoms with Crippen molar-refractivity contribution in [3.8, 4) is 0 Å². The minimum absolute atomic E-state index is 0.353. The topological polar surface area (TPSA) is 24.5 Å². The van der Waals surface area contributed by atoms with Gasteiger partial charge in [0.1, 0.15) is 0 Å². The number of ether oxygens (including phenoxy) is 1. The molecule has 3 nitrogen and oxygen atoms in total. The van der Waals surface area contributed by atoms with Gasteiger partial charge in [0.25, 0.3) is 0 Å². The standard InChI is InChI=1S/C11H26N2OS2/c1-4-13(8-5-7-12-16-15)9-6-10-14-11(2)3/h11-12,15H,4-10H2,1-3H3. The summed E-state index contributed by atoms with van der Waals surface area (Å²) in [4.78, 5) is 2.47. The van der Waals surface area contributed by atoms with Gasteiger partial charge in [0.15, 0.2) is 0 Å². The molecule has 0 aromatic heterocycles. The van der Waals surface area contributed by atoms with E-state index in [1.165, 1.54) is 17.4 Å². The lowest BCUT2D eigenvalue weighted by molar-refractivity contribution is 0.0708. The van der Waals surface area contributed by atoms with Crippen LogP contribution >= 0.6 is 22.6 Å². The molecule has 0 bridgehead atoms. The molecule has 0 unspecified atom stereocenters. The Morgan fingerprint density at radius 3 is 2.56 bits per heavy atom. The third-order valence-electron chi connectivity index (χ3n) is 2.33. The Labute approximate surface area is 110 Å². The molecule has 0 aromatic carbocycles. The van der Waals surface area contributed by atoms with Crippen LogP contribution in [0.25, 0.3) is 0 Å². The number of hydrogen-bond acceptors (Lipinski definition) is 5. The van der Waals surface area contributed by atoms with Crippen LogP contribution in [0.15, 0.2) is 0 Å². The lowest BCUT2D eigenvalue weighted by atomic mass is 10.3. The second-order valence-electron chi connectivity index (χ2n) is 4.05. The van der Waals surface area contributed by atoms with Crippen LogP contribution in [-0.2, 0) is 4.74 Å². The summed E-state index contributed by atoms with van der Waals surface area (Å²) in [6.45, 7) is 11.7. The minimum Gasteiger partial charge on any atom is -0.379 e. The van der Waals surface area contributed by atoms with E-state index < -0.39 is 0 Å². The van der Waals surface area contributed by atoms with Gasteiger partial charge in [0, 0.05) is 19.7 Å². The average Bonchev–Trinajstić information content (AvgIpc) is 2.26. The van der Waals surface area contributed by atoms with E-state index in [1.807, 2.05) is 0 Å². The van der Waals surface area contributed by atoms with Crippen molar-refractivity contribution in [3.63, 3.8) is 0 Å². The minimum atomic E-state index is 0.353. The molecule has 0 aliphatic rings. The van der Waals surface area contributed by atoms with Crippen molar-refractivity contribution in [2.45, 2.75) is 39.7 Å². The van der Waals surface area contributed by atoms with Gasteiger partial charge in [-0.1, -0.05) is 18.6 Å². The van der Waals surface area contributed by atoms with Crippen molar-refractivity contribution in [3.05, 3.63) is 0 Å². The Morgan fingerprint density at radius 2 is 2.00 bits per heavy atom. The lowest BCUT2D eigenvalue weighted by Crippen LogP contribution is -2.28. The summed E-state index contributed by atoms with van der Waals surface area (Å²) in [5, 5.41) is 0. The summed E-state index contributed by atoms with van der Waals surface area (Å²) in [5.74, 6) is 0. The maximum Gasteiger partial charge on any atom is 0.0518 e. The van der Waals surface area contributed by atoms with E-state index >= 15 is 0 Å². The van der Waals surface area contributed by atoms with Crippen molar-refractivity contribution < 1.29 is 4.74 Å². The maximum absolute atomic E-state index is 5.53. The van der Waals surface area contributed by atoms with E-state index in [1.54, 1.807) is 0 Å². The molecule has 0 aliphatic carbocycles. The highest BCUT2D eigenvalue weighted by Gasteiger charge is 2.02. The second kappa shape index (κ2) is 12.0. The van der Waals surface area contributed by atoms with Gasteiger partial charge >= 0.3 is 0 Å². The number of rotatable bonds is 11. The number of nitrogens with zero attached hydrogens (tertiary/aromatic N) is 1. The molecule has 0 amide bonds. The maximum atomic E-state index is 5.53. The molecule has 0 aromatic rings. The zero-order chi connectivity index (χ0) is 12.2. The number of nitrogens with one attached hydrogen (secondary N) is 1. The molecule has 0 saturated heterocycles. The van der Waals surface area contributed by atoms with E-state index in [9.17, 15) is 0 Å². The second-order valence-corrected chi connectivity index (χ2v) is 5.07. The van der Waals surface area contributed by atoms with Gasteiger partial charge in [-0.25, -0.2) is 0 Å². The Hall–Kier alpha value is 0.580. The van der Waals surface area contributed by atoms with Gasteiger partial charge < -0.3 is 9.64 Å². The Balaban J connectivity index is 3.36. The predicted octanol–water partition coefficient (Wildman–Crippen LogP) is 2.60. The van der Waals surface area contributed by atoms with Gasteiger partial charge in [-0.2, -0.15) is 0 Å². The molecule has 5 heteroatoms. The van der Waals surface area contributed by atoms with E-state index in [0.29, 0.717) is 6.10 Å². The molecule has 0 rings (SSSR count). The molecule has 0 radical (unpaired) electrons.